The molecule has 0 bridgehead atoms. The van der Waals surface area contributed by atoms with E-state index in [4.69, 9.17) is 11.5 Å². The lowest BCUT2D eigenvalue weighted by atomic mass is 10.3. The normalized spacial score (nSPS) is 11.8. The molecule has 0 aliphatic carbocycles. The van der Waals surface area contributed by atoms with E-state index in [2.05, 4.69) is 10.4 Å². The van der Waals surface area contributed by atoms with E-state index in [0.717, 1.165) is 0 Å². The number of amides is 3. The molecule has 1 heterocycles. The predicted molar refractivity (Wildman–Crippen MR) is 96.4 cm³/mol. The maximum absolute atomic E-state index is 13.8. The molecule has 0 aliphatic heterocycles. The SMILES string of the molecule is NC(=O)Nc1cn(-c2ccc([S+]([O-])c3ccccc3F)cc2)nc1C(N)=O. The number of urea groups is 1. The monoisotopic (exact) mass is 387 g/mol. The third kappa shape index (κ3) is 3.91. The zero-order chi connectivity index (χ0) is 19.6. The summed E-state index contributed by atoms with van der Waals surface area (Å²) in [6.07, 6.45) is 1.37. The van der Waals surface area contributed by atoms with E-state index < -0.39 is 28.9 Å². The number of benzene rings is 2. The van der Waals surface area contributed by atoms with Gasteiger partial charge in [-0.25, -0.2) is 13.9 Å². The number of anilines is 1. The van der Waals surface area contributed by atoms with Crippen LogP contribution in [0.1, 0.15) is 10.5 Å². The van der Waals surface area contributed by atoms with Crippen molar-refractivity contribution < 1.29 is 18.5 Å². The molecule has 1 aromatic heterocycles. The van der Waals surface area contributed by atoms with E-state index in [9.17, 15) is 18.5 Å². The van der Waals surface area contributed by atoms with Crippen molar-refractivity contribution in [3.8, 4) is 5.69 Å². The molecule has 3 aromatic rings. The molecule has 0 radical (unpaired) electrons. The van der Waals surface area contributed by atoms with Crippen molar-refractivity contribution in [2.75, 3.05) is 5.32 Å². The number of halogens is 1. The molecule has 0 aliphatic rings. The van der Waals surface area contributed by atoms with Crippen molar-refractivity contribution in [1.82, 2.24) is 9.78 Å². The summed E-state index contributed by atoms with van der Waals surface area (Å²) in [5.74, 6) is -1.39. The molecule has 0 saturated heterocycles. The number of nitrogens with two attached hydrogens (primary N) is 2. The molecule has 10 heteroatoms. The minimum Gasteiger partial charge on any atom is -0.606 e. The first kappa shape index (κ1) is 18.4. The van der Waals surface area contributed by atoms with Crippen LogP contribution in [-0.2, 0) is 11.2 Å². The van der Waals surface area contributed by atoms with E-state index in [1.807, 2.05) is 0 Å². The molecule has 8 nitrogen and oxygen atoms in total. The Bertz CT molecular complexity index is 1010. The highest BCUT2D eigenvalue weighted by Crippen LogP contribution is 2.24. The molecule has 0 saturated carbocycles. The molecule has 0 spiro atoms. The molecule has 138 valence electrons. The molecular formula is C17H14FN5O3S. The van der Waals surface area contributed by atoms with Crippen LogP contribution in [0.25, 0.3) is 5.69 Å². The van der Waals surface area contributed by atoms with Crippen LogP contribution in [0, 0.1) is 5.82 Å². The highest BCUT2D eigenvalue weighted by atomic mass is 32.2. The van der Waals surface area contributed by atoms with Crippen molar-refractivity contribution in [1.29, 1.82) is 0 Å². The topological polar surface area (TPSA) is 139 Å². The molecule has 1 atom stereocenters. The standard InChI is InChI=1S/C17H14FN5O3S/c18-12-3-1-2-4-14(12)27(26)11-7-5-10(6-8-11)23-9-13(21-17(20)25)15(22-23)16(19)24/h1-9H,(H2,19,24)(H3,20,21,25). The van der Waals surface area contributed by atoms with E-state index in [1.165, 1.54) is 29.1 Å². The third-order valence-electron chi connectivity index (χ3n) is 3.56. The molecule has 5 N–H and O–H groups in total. The van der Waals surface area contributed by atoms with Crippen LogP contribution in [0.3, 0.4) is 0 Å². The van der Waals surface area contributed by atoms with Gasteiger partial charge in [0, 0.05) is 11.2 Å². The maximum atomic E-state index is 13.8. The fourth-order valence-corrected chi connectivity index (χ4v) is 3.44. The van der Waals surface area contributed by atoms with Crippen LogP contribution in [-0.4, -0.2) is 26.3 Å². The molecule has 0 fully saturated rings. The van der Waals surface area contributed by atoms with Gasteiger partial charge in [0.2, 0.25) is 0 Å². The van der Waals surface area contributed by atoms with E-state index in [1.54, 1.807) is 30.3 Å². The summed E-state index contributed by atoms with van der Waals surface area (Å²) in [5.41, 5.74) is 10.7. The lowest BCUT2D eigenvalue weighted by Crippen LogP contribution is -2.22. The second-order valence-electron chi connectivity index (χ2n) is 5.38. The van der Waals surface area contributed by atoms with Gasteiger partial charge in [-0.2, -0.15) is 5.10 Å². The van der Waals surface area contributed by atoms with Gasteiger partial charge in [-0.15, -0.1) is 0 Å². The van der Waals surface area contributed by atoms with Crippen molar-refractivity contribution in [2.24, 2.45) is 11.5 Å². The lowest BCUT2D eigenvalue weighted by Gasteiger charge is -2.11. The average Bonchev–Trinajstić information content (AvgIpc) is 3.05. The Morgan fingerprint density at radius 1 is 1.11 bits per heavy atom. The molecule has 2 aromatic carbocycles. The fraction of sp³-hybridized carbons (Fsp3) is 0. The largest absolute Gasteiger partial charge is 0.606 e. The number of nitrogens with one attached hydrogen (secondary N) is 1. The van der Waals surface area contributed by atoms with Crippen molar-refractivity contribution in [2.45, 2.75) is 9.79 Å². The average molecular weight is 387 g/mol. The van der Waals surface area contributed by atoms with Crippen LogP contribution in [0.5, 0.6) is 0 Å². The Labute approximate surface area is 156 Å². The Morgan fingerprint density at radius 2 is 1.78 bits per heavy atom. The van der Waals surface area contributed by atoms with E-state index >= 15 is 0 Å². The predicted octanol–water partition coefficient (Wildman–Crippen LogP) is 1.77. The van der Waals surface area contributed by atoms with Crippen LogP contribution in [0.4, 0.5) is 14.9 Å². The fourth-order valence-electron chi connectivity index (χ4n) is 2.36. The zero-order valence-corrected chi connectivity index (χ0v) is 14.6. The molecule has 3 rings (SSSR count). The van der Waals surface area contributed by atoms with Gasteiger partial charge in [0.15, 0.2) is 21.3 Å². The molecule has 1 unspecified atom stereocenters. The van der Waals surface area contributed by atoms with Crippen molar-refractivity contribution >= 4 is 28.8 Å². The minimum atomic E-state index is -1.69. The summed E-state index contributed by atoms with van der Waals surface area (Å²) in [7, 11) is 0. The summed E-state index contributed by atoms with van der Waals surface area (Å²) in [4.78, 5) is 23.0. The van der Waals surface area contributed by atoms with E-state index in [0.29, 0.717) is 10.6 Å². The van der Waals surface area contributed by atoms with Gasteiger partial charge >= 0.3 is 6.03 Å². The number of primary amides is 2. The van der Waals surface area contributed by atoms with Gasteiger partial charge in [-0.3, -0.25) is 4.79 Å². The highest BCUT2D eigenvalue weighted by molar-refractivity contribution is 7.91. The maximum Gasteiger partial charge on any atom is 0.316 e. The molecule has 27 heavy (non-hydrogen) atoms. The molecular weight excluding hydrogens is 373 g/mol. The quantitative estimate of drug-likeness (QED) is 0.574. The summed E-state index contributed by atoms with van der Waals surface area (Å²) in [5, 5.41) is 6.28. The van der Waals surface area contributed by atoms with Gasteiger partial charge in [0.05, 0.1) is 17.6 Å². The first-order valence-electron chi connectivity index (χ1n) is 7.59. The Hall–Kier alpha value is -3.37. The summed E-state index contributed by atoms with van der Waals surface area (Å²) in [6.45, 7) is 0. The van der Waals surface area contributed by atoms with Crippen LogP contribution >= 0.6 is 0 Å². The lowest BCUT2D eigenvalue weighted by molar-refractivity contribution is 0.0996. The molecule has 3 amide bonds. The van der Waals surface area contributed by atoms with Gasteiger partial charge in [0.1, 0.15) is 0 Å². The number of carbonyl (C=O) groups excluding carboxylic acids is 2. The Balaban J connectivity index is 1.90. The van der Waals surface area contributed by atoms with Gasteiger partial charge in [-0.1, -0.05) is 12.1 Å². The van der Waals surface area contributed by atoms with Crippen LogP contribution in [0.2, 0.25) is 0 Å². The second kappa shape index (κ2) is 7.48. The van der Waals surface area contributed by atoms with Gasteiger partial charge in [-0.05, 0) is 36.4 Å². The van der Waals surface area contributed by atoms with Crippen LogP contribution in [0.15, 0.2) is 64.5 Å². The number of hydrogen-bond acceptors (Lipinski definition) is 4. The Morgan fingerprint density at radius 3 is 2.37 bits per heavy atom. The summed E-state index contributed by atoms with van der Waals surface area (Å²) in [6, 6.07) is 11.2. The van der Waals surface area contributed by atoms with Gasteiger partial charge < -0.3 is 21.3 Å². The number of carbonyl (C=O) groups is 2. The third-order valence-corrected chi connectivity index (χ3v) is 4.99. The first-order chi connectivity index (χ1) is 12.9. The van der Waals surface area contributed by atoms with Crippen molar-refractivity contribution in [3.05, 3.63) is 66.2 Å². The highest BCUT2D eigenvalue weighted by Gasteiger charge is 2.20. The smallest absolute Gasteiger partial charge is 0.316 e. The van der Waals surface area contributed by atoms with E-state index in [-0.39, 0.29) is 16.3 Å². The van der Waals surface area contributed by atoms with Gasteiger partial charge in [0.25, 0.3) is 5.91 Å². The number of nitrogens with zero attached hydrogens (tertiary/aromatic N) is 2. The van der Waals surface area contributed by atoms with Crippen molar-refractivity contribution in [3.63, 3.8) is 0 Å². The summed E-state index contributed by atoms with van der Waals surface area (Å²) < 4.78 is 27.6. The zero-order valence-electron chi connectivity index (χ0n) is 13.8. The first-order valence-corrected chi connectivity index (χ1v) is 8.74. The number of rotatable bonds is 5. The minimum absolute atomic E-state index is 0.0639. The van der Waals surface area contributed by atoms with Crippen LogP contribution < -0.4 is 16.8 Å². The second-order valence-corrected chi connectivity index (χ2v) is 6.83. The number of aromatic nitrogens is 2. The summed E-state index contributed by atoms with van der Waals surface area (Å²) >= 11 is -1.69. The number of hydrogen-bond donors (Lipinski definition) is 3. The Kier molecular flexibility index (Phi) is 5.10.